The van der Waals surface area contributed by atoms with E-state index in [0.717, 1.165) is 18.1 Å². The minimum atomic E-state index is -0.195. The summed E-state index contributed by atoms with van der Waals surface area (Å²) in [5.74, 6) is 0.723. The normalized spacial score (nSPS) is 16.2. The molecule has 0 aliphatic heterocycles. The molecule has 1 N–H and O–H groups in total. The van der Waals surface area contributed by atoms with Gasteiger partial charge in [0.1, 0.15) is 5.82 Å². The van der Waals surface area contributed by atoms with Crippen molar-refractivity contribution in [2.45, 2.75) is 44.7 Å². The molecule has 0 amide bonds. The standard InChI is InChI=1S/C16H20FN3/c17-14-8-6-13(7-9-14)12-20-11-10-18-16(20)19-15-4-2-1-3-5-15/h6-11,15H,1-5,12H2,(H,18,19). The predicted octanol–water partition coefficient (Wildman–Crippen LogP) is 3.82. The number of benzene rings is 1. The number of hydrogen-bond acceptors (Lipinski definition) is 2. The molecule has 0 bridgehead atoms. The van der Waals surface area contributed by atoms with E-state index >= 15 is 0 Å². The van der Waals surface area contributed by atoms with Gasteiger partial charge in [0.2, 0.25) is 5.95 Å². The first-order valence-corrected chi connectivity index (χ1v) is 7.33. The van der Waals surface area contributed by atoms with Gasteiger partial charge in [0, 0.05) is 18.4 Å². The molecule has 3 nitrogen and oxygen atoms in total. The van der Waals surface area contributed by atoms with Gasteiger partial charge < -0.3 is 9.88 Å². The van der Waals surface area contributed by atoms with Crippen LogP contribution in [0.15, 0.2) is 36.7 Å². The van der Waals surface area contributed by atoms with Crippen molar-refractivity contribution in [3.63, 3.8) is 0 Å². The Balaban J connectivity index is 1.68. The Labute approximate surface area is 118 Å². The van der Waals surface area contributed by atoms with Crippen molar-refractivity contribution < 1.29 is 4.39 Å². The molecule has 1 aliphatic rings. The Kier molecular flexibility index (Phi) is 4.00. The van der Waals surface area contributed by atoms with E-state index in [2.05, 4.69) is 14.9 Å². The van der Waals surface area contributed by atoms with Crippen molar-refractivity contribution in [2.24, 2.45) is 0 Å². The highest BCUT2D eigenvalue weighted by Crippen LogP contribution is 2.21. The van der Waals surface area contributed by atoms with Crippen molar-refractivity contribution in [3.8, 4) is 0 Å². The van der Waals surface area contributed by atoms with Gasteiger partial charge in [0.05, 0.1) is 6.54 Å². The fraction of sp³-hybridized carbons (Fsp3) is 0.438. The SMILES string of the molecule is Fc1ccc(Cn2ccnc2NC2CCCCC2)cc1. The van der Waals surface area contributed by atoms with E-state index in [0.29, 0.717) is 6.04 Å². The molecule has 1 aliphatic carbocycles. The minimum absolute atomic E-state index is 0.195. The Hall–Kier alpha value is -1.84. The molecule has 0 saturated heterocycles. The van der Waals surface area contributed by atoms with E-state index in [-0.39, 0.29) is 5.82 Å². The lowest BCUT2D eigenvalue weighted by molar-refractivity contribution is 0.459. The van der Waals surface area contributed by atoms with Gasteiger partial charge in [0.25, 0.3) is 0 Å². The number of hydrogen-bond donors (Lipinski definition) is 1. The predicted molar refractivity (Wildman–Crippen MR) is 78.2 cm³/mol. The van der Waals surface area contributed by atoms with Crippen LogP contribution in [0.3, 0.4) is 0 Å². The molecule has 0 spiro atoms. The van der Waals surface area contributed by atoms with Gasteiger partial charge in [-0.2, -0.15) is 0 Å². The van der Waals surface area contributed by atoms with Crippen LogP contribution in [-0.2, 0) is 6.54 Å². The summed E-state index contributed by atoms with van der Waals surface area (Å²) in [4.78, 5) is 4.40. The first-order valence-electron chi connectivity index (χ1n) is 7.33. The van der Waals surface area contributed by atoms with Crippen molar-refractivity contribution in [2.75, 3.05) is 5.32 Å². The average molecular weight is 273 g/mol. The van der Waals surface area contributed by atoms with Crippen molar-refractivity contribution in [3.05, 3.63) is 48.0 Å². The van der Waals surface area contributed by atoms with E-state index in [1.54, 1.807) is 0 Å². The van der Waals surface area contributed by atoms with Crippen LogP contribution in [0.1, 0.15) is 37.7 Å². The van der Waals surface area contributed by atoms with E-state index in [9.17, 15) is 4.39 Å². The van der Waals surface area contributed by atoms with Gasteiger partial charge >= 0.3 is 0 Å². The zero-order valence-electron chi connectivity index (χ0n) is 11.6. The van der Waals surface area contributed by atoms with Gasteiger partial charge in [-0.15, -0.1) is 0 Å². The van der Waals surface area contributed by atoms with Crippen molar-refractivity contribution in [1.82, 2.24) is 9.55 Å². The first-order chi connectivity index (χ1) is 9.81. The molecule has 0 atom stereocenters. The summed E-state index contributed by atoms with van der Waals surface area (Å²) in [5, 5.41) is 3.54. The second-order valence-corrected chi connectivity index (χ2v) is 5.48. The van der Waals surface area contributed by atoms with Crippen LogP contribution in [0.25, 0.3) is 0 Å². The summed E-state index contributed by atoms with van der Waals surface area (Å²) >= 11 is 0. The molecule has 20 heavy (non-hydrogen) atoms. The maximum atomic E-state index is 12.9. The Morgan fingerprint density at radius 3 is 2.65 bits per heavy atom. The molecule has 1 fully saturated rings. The van der Waals surface area contributed by atoms with Crippen LogP contribution >= 0.6 is 0 Å². The lowest BCUT2D eigenvalue weighted by Gasteiger charge is -2.23. The zero-order chi connectivity index (χ0) is 13.8. The van der Waals surface area contributed by atoms with Crippen LogP contribution in [0.2, 0.25) is 0 Å². The molecule has 3 rings (SSSR count). The van der Waals surface area contributed by atoms with Gasteiger partial charge in [-0.25, -0.2) is 9.37 Å². The molecule has 0 unspecified atom stereocenters. The number of anilines is 1. The summed E-state index contributed by atoms with van der Waals surface area (Å²) in [7, 11) is 0. The third-order valence-corrected chi connectivity index (χ3v) is 3.92. The quantitative estimate of drug-likeness (QED) is 0.918. The summed E-state index contributed by atoms with van der Waals surface area (Å²) in [5.41, 5.74) is 1.08. The molecule has 1 saturated carbocycles. The topological polar surface area (TPSA) is 29.9 Å². The number of imidazole rings is 1. The highest BCUT2D eigenvalue weighted by molar-refractivity contribution is 5.29. The molecular weight excluding hydrogens is 253 g/mol. The maximum Gasteiger partial charge on any atom is 0.203 e. The van der Waals surface area contributed by atoms with Crippen molar-refractivity contribution >= 4 is 5.95 Å². The molecule has 1 aromatic carbocycles. The molecule has 2 aromatic rings. The lowest BCUT2D eigenvalue weighted by Crippen LogP contribution is -2.24. The number of nitrogens with zero attached hydrogens (tertiary/aromatic N) is 2. The Morgan fingerprint density at radius 2 is 1.90 bits per heavy atom. The highest BCUT2D eigenvalue weighted by atomic mass is 19.1. The van der Waals surface area contributed by atoms with Crippen LogP contribution in [-0.4, -0.2) is 15.6 Å². The molecular formula is C16H20FN3. The number of nitrogens with one attached hydrogen (secondary N) is 1. The van der Waals surface area contributed by atoms with Gasteiger partial charge in [-0.3, -0.25) is 0 Å². The van der Waals surface area contributed by atoms with E-state index in [4.69, 9.17) is 0 Å². The number of rotatable bonds is 4. The van der Waals surface area contributed by atoms with E-state index < -0.39 is 0 Å². The molecule has 1 heterocycles. The molecule has 1 aromatic heterocycles. The molecule has 106 valence electrons. The lowest BCUT2D eigenvalue weighted by atomic mass is 9.96. The fourth-order valence-corrected chi connectivity index (χ4v) is 2.79. The van der Waals surface area contributed by atoms with Crippen LogP contribution in [0.5, 0.6) is 0 Å². The summed E-state index contributed by atoms with van der Waals surface area (Å²) in [6.45, 7) is 0.718. The van der Waals surface area contributed by atoms with E-state index in [1.165, 1.54) is 44.2 Å². The zero-order valence-corrected chi connectivity index (χ0v) is 11.6. The van der Waals surface area contributed by atoms with Gasteiger partial charge in [-0.05, 0) is 30.5 Å². The second kappa shape index (κ2) is 6.07. The minimum Gasteiger partial charge on any atom is -0.353 e. The third-order valence-electron chi connectivity index (χ3n) is 3.92. The van der Waals surface area contributed by atoms with Crippen LogP contribution in [0, 0.1) is 5.82 Å². The third kappa shape index (κ3) is 3.18. The smallest absolute Gasteiger partial charge is 0.203 e. The highest BCUT2D eigenvalue weighted by Gasteiger charge is 2.15. The first kappa shape index (κ1) is 13.2. The van der Waals surface area contributed by atoms with Crippen LogP contribution < -0.4 is 5.32 Å². The Morgan fingerprint density at radius 1 is 1.15 bits per heavy atom. The monoisotopic (exact) mass is 273 g/mol. The second-order valence-electron chi connectivity index (χ2n) is 5.48. The van der Waals surface area contributed by atoms with Gasteiger partial charge in [-0.1, -0.05) is 31.4 Å². The number of aromatic nitrogens is 2. The average Bonchev–Trinajstić information content (AvgIpc) is 2.90. The summed E-state index contributed by atoms with van der Waals surface area (Å²) in [6.07, 6.45) is 10.2. The molecule has 4 heteroatoms. The van der Waals surface area contributed by atoms with E-state index in [1.807, 2.05) is 24.5 Å². The largest absolute Gasteiger partial charge is 0.353 e. The summed E-state index contributed by atoms with van der Waals surface area (Å²) < 4.78 is 15.0. The number of halogens is 1. The Bertz CT molecular complexity index is 541. The summed E-state index contributed by atoms with van der Waals surface area (Å²) in [6, 6.07) is 7.18. The molecule has 0 radical (unpaired) electrons. The van der Waals surface area contributed by atoms with Gasteiger partial charge in [0.15, 0.2) is 0 Å². The van der Waals surface area contributed by atoms with Crippen molar-refractivity contribution in [1.29, 1.82) is 0 Å². The maximum absolute atomic E-state index is 12.9. The fourth-order valence-electron chi connectivity index (χ4n) is 2.79. The van der Waals surface area contributed by atoms with Crippen LogP contribution in [0.4, 0.5) is 10.3 Å².